The molecule has 0 bridgehead atoms. The summed E-state index contributed by atoms with van der Waals surface area (Å²) in [4.78, 5) is 14.4. The number of fused-ring (bicyclic) bond motifs is 1. The smallest absolute Gasteiger partial charge is 0.309 e. The second kappa shape index (κ2) is 7.59. The van der Waals surface area contributed by atoms with Gasteiger partial charge >= 0.3 is 5.97 Å². The molecule has 1 aliphatic carbocycles. The first-order valence-corrected chi connectivity index (χ1v) is 10.5. The van der Waals surface area contributed by atoms with E-state index in [0.29, 0.717) is 12.6 Å². The van der Waals surface area contributed by atoms with Gasteiger partial charge in [0.05, 0.1) is 18.6 Å². The van der Waals surface area contributed by atoms with Crippen molar-refractivity contribution in [3.05, 3.63) is 65.2 Å². The summed E-state index contributed by atoms with van der Waals surface area (Å²) in [7, 11) is 0. The summed E-state index contributed by atoms with van der Waals surface area (Å²) in [5.41, 5.74) is 3.88. The van der Waals surface area contributed by atoms with Crippen molar-refractivity contribution in [2.24, 2.45) is 5.92 Å². The summed E-state index contributed by atoms with van der Waals surface area (Å²) in [6, 6.07) is 17.4. The summed E-state index contributed by atoms with van der Waals surface area (Å²) in [6.07, 6.45) is 5.25. The van der Waals surface area contributed by atoms with Gasteiger partial charge in [-0.15, -0.1) is 0 Å². The highest BCUT2D eigenvalue weighted by molar-refractivity contribution is 5.74. The summed E-state index contributed by atoms with van der Waals surface area (Å²) in [6.45, 7) is 2.89. The third kappa shape index (κ3) is 3.42. The maximum absolute atomic E-state index is 11.8. The van der Waals surface area contributed by atoms with Gasteiger partial charge in [-0.25, -0.2) is 0 Å². The highest BCUT2D eigenvalue weighted by Gasteiger charge is 2.38. The number of carbonyl (C=O) groups excluding carboxylic acids is 1. The van der Waals surface area contributed by atoms with Crippen LogP contribution in [0.5, 0.6) is 5.75 Å². The predicted molar refractivity (Wildman–Crippen MR) is 107 cm³/mol. The zero-order chi connectivity index (χ0) is 18.9. The van der Waals surface area contributed by atoms with Gasteiger partial charge in [0.15, 0.2) is 0 Å². The topological polar surface area (TPSA) is 38.8 Å². The van der Waals surface area contributed by atoms with Crippen LogP contribution < -0.4 is 4.74 Å². The van der Waals surface area contributed by atoms with Crippen molar-refractivity contribution in [2.75, 3.05) is 19.7 Å². The fraction of sp³-hybridized carbons (Fsp3) is 0.458. The summed E-state index contributed by atoms with van der Waals surface area (Å²) >= 11 is 0. The molecule has 5 rings (SSSR count). The van der Waals surface area contributed by atoms with Gasteiger partial charge in [-0.05, 0) is 74.0 Å². The van der Waals surface area contributed by atoms with Gasteiger partial charge in [-0.2, -0.15) is 0 Å². The van der Waals surface area contributed by atoms with Crippen molar-refractivity contribution in [3.8, 4) is 5.75 Å². The Morgan fingerprint density at radius 1 is 1.07 bits per heavy atom. The van der Waals surface area contributed by atoms with Gasteiger partial charge in [0.1, 0.15) is 11.9 Å². The molecule has 0 N–H and O–H groups in total. The van der Waals surface area contributed by atoms with Gasteiger partial charge in [-0.1, -0.05) is 36.4 Å². The number of rotatable bonds is 5. The maximum atomic E-state index is 11.8. The fourth-order valence-corrected chi connectivity index (χ4v) is 4.97. The van der Waals surface area contributed by atoms with Crippen molar-refractivity contribution in [2.45, 2.75) is 44.2 Å². The van der Waals surface area contributed by atoms with E-state index >= 15 is 0 Å². The third-order valence-corrected chi connectivity index (χ3v) is 6.44. The molecule has 0 amide bonds. The second-order valence-corrected chi connectivity index (χ2v) is 8.26. The molecule has 0 spiro atoms. The van der Waals surface area contributed by atoms with E-state index in [1.54, 1.807) is 0 Å². The molecule has 2 aromatic carbocycles. The van der Waals surface area contributed by atoms with Crippen molar-refractivity contribution in [1.82, 2.24) is 4.90 Å². The van der Waals surface area contributed by atoms with E-state index in [9.17, 15) is 4.79 Å². The molecule has 4 heteroatoms. The highest BCUT2D eigenvalue weighted by Crippen LogP contribution is 2.39. The normalized spacial score (nSPS) is 27.0. The molecular formula is C24H27NO3. The van der Waals surface area contributed by atoms with Gasteiger partial charge in [-0.3, -0.25) is 9.69 Å². The molecule has 0 aromatic heterocycles. The van der Waals surface area contributed by atoms with Gasteiger partial charge in [0.2, 0.25) is 0 Å². The maximum Gasteiger partial charge on any atom is 0.309 e. The Labute approximate surface area is 166 Å². The van der Waals surface area contributed by atoms with Crippen molar-refractivity contribution in [1.29, 1.82) is 0 Å². The van der Waals surface area contributed by atoms with Crippen LogP contribution in [0.25, 0.3) is 0 Å². The number of benzene rings is 2. The van der Waals surface area contributed by atoms with E-state index in [0.717, 1.165) is 30.6 Å². The zero-order valence-corrected chi connectivity index (χ0v) is 16.2. The molecule has 0 saturated carbocycles. The molecule has 2 heterocycles. The third-order valence-electron chi connectivity index (χ3n) is 6.44. The number of hydrogen-bond acceptors (Lipinski definition) is 4. The van der Waals surface area contributed by atoms with Crippen LogP contribution in [0.2, 0.25) is 0 Å². The van der Waals surface area contributed by atoms with Crippen molar-refractivity contribution < 1.29 is 14.3 Å². The first-order valence-electron chi connectivity index (χ1n) is 10.5. The Balaban J connectivity index is 1.37. The lowest BCUT2D eigenvalue weighted by Crippen LogP contribution is -2.38. The molecule has 3 atom stereocenters. The Hall–Kier alpha value is -2.33. The molecule has 2 aromatic rings. The van der Waals surface area contributed by atoms with E-state index in [1.165, 1.54) is 37.1 Å². The summed E-state index contributed by atoms with van der Waals surface area (Å²) < 4.78 is 11.7. The van der Waals surface area contributed by atoms with Crippen molar-refractivity contribution >= 4 is 5.97 Å². The van der Waals surface area contributed by atoms with Crippen LogP contribution in [0.1, 0.15) is 42.1 Å². The van der Waals surface area contributed by atoms with Crippen LogP contribution in [0.4, 0.5) is 0 Å². The first kappa shape index (κ1) is 17.7. The van der Waals surface area contributed by atoms with Gasteiger partial charge in [0.25, 0.3) is 0 Å². The number of carbonyl (C=O) groups is 1. The number of nitrogens with zero attached hydrogens (tertiary/aromatic N) is 1. The molecule has 146 valence electrons. The quantitative estimate of drug-likeness (QED) is 0.740. The lowest BCUT2D eigenvalue weighted by molar-refractivity contribution is -0.141. The van der Waals surface area contributed by atoms with Crippen LogP contribution in [0.3, 0.4) is 0 Å². The molecule has 3 aliphatic rings. The van der Waals surface area contributed by atoms with E-state index < -0.39 is 0 Å². The Morgan fingerprint density at radius 3 is 2.75 bits per heavy atom. The Kier molecular flexibility index (Phi) is 4.81. The van der Waals surface area contributed by atoms with Crippen LogP contribution >= 0.6 is 0 Å². The summed E-state index contributed by atoms with van der Waals surface area (Å²) in [5.74, 6) is 0.819. The predicted octanol–water partition coefficient (Wildman–Crippen LogP) is 3.93. The molecule has 2 fully saturated rings. The molecule has 4 nitrogen and oxygen atoms in total. The highest BCUT2D eigenvalue weighted by atomic mass is 16.5. The molecule has 28 heavy (non-hydrogen) atoms. The van der Waals surface area contributed by atoms with E-state index in [1.807, 2.05) is 12.1 Å². The second-order valence-electron chi connectivity index (χ2n) is 8.26. The summed E-state index contributed by atoms with van der Waals surface area (Å²) in [5, 5.41) is 0. The number of likely N-dealkylation sites (tertiary alicyclic amines) is 1. The minimum Gasteiger partial charge on any atom is -0.484 e. The van der Waals surface area contributed by atoms with Crippen LogP contribution in [-0.4, -0.2) is 36.6 Å². The number of esters is 1. The largest absolute Gasteiger partial charge is 0.484 e. The average Bonchev–Trinajstić information content (AvgIpc) is 3.44. The first-order chi connectivity index (χ1) is 13.8. The average molecular weight is 377 g/mol. The number of ether oxygens (including phenoxy) is 2. The standard InChI is InChI=1S/C24H27NO3/c26-24-19(10-13-27-24)14-17-6-5-8-20(15-17)28-23-21-9-2-1-7-18(21)16-22(23)25-11-3-4-12-25/h1-2,5-9,15,19,22-23H,3-4,10-14,16H2. The monoisotopic (exact) mass is 377 g/mol. The minimum absolute atomic E-state index is 0.0141. The lowest BCUT2D eigenvalue weighted by atomic mass is 9.98. The number of hydrogen-bond donors (Lipinski definition) is 0. The fourth-order valence-electron chi connectivity index (χ4n) is 4.97. The van der Waals surface area contributed by atoms with E-state index in [2.05, 4.69) is 41.3 Å². The molecule has 3 unspecified atom stereocenters. The van der Waals surface area contributed by atoms with Crippen molar-refractivity contribution in [3.63, 3.8) is 0 Å². The van der Waals surface area contributed by atoms with Crippen LogP contribution in [0, 0.1) is 5.92 Å². The number of cyclic esters (lactones) is 1. The minimum atomic E-state index is -0.0647. The van der Waals surface area contributed by atoms with Gasteiger partial charge in [0, 0.05) is 0 Å². The van der Waals surface area contributed by atoms with E-state index in [4.69, 9.17) is 9.47 Å². The van der Waals surface area contributed by atoms with E-state index in [-0.39, 0.29) is 18.0 Å². The molecular weight excluding hydrogens is 350 g/mol. The zero-order valence-electron chi connectivity index (χ0n) is 16.2. The molecule has 2 aliphatic heterocycles. The molecule has 2 saturated heterocycles. The Bertz CT molecular complexity index is 858. The molecule has 0 radical (unpaired) electrons. The van der Waals surface area contributed by atoms with Crippen LogP contribution in [0.15, 0.2) is 48.5 Å². The Morgan fingerprint density at radius 2 is 1.93 bits per heavy atom. The lowest BCUT2D eigenvalue weighted by Gasteiger charge is -2.30. The van der Waals surface area contributed by atoms with Crippen LogP contribution in [-0.2, 0) is 22.4 Å². The van der Waals surface area contributed by atoms with Gasteiger partial charge < -0.3 is 9.47 Å². The SMILES string of the molecule is O=C1OCCC1Cc1cccc(OC2c3ccccc3CC2N2CCCC2)c1.